The number of pyridine rings is 1. The summed E-state index contributed by atoms with van der Waals surface area (Å²) >= 11 is 0. The maximum Gasteiger partial charge on any atom is 0.413 e. The van der Waals surface area contributed by atoms with Gasteiger partial charge < -0.3 is 25.3 Å². The third-order valence-corrected chi connectivity index (χ3v) is 8.46. The molecule has 1 atom stereocenters. The lowest BCUT2D eigenvalue weighted by molar-refractivity contribution is -0.127. The minimum Gasteiger partial charge on any atom is -0.408 e. The summed E-state index contributed by atoms with van der Waals surface area (Å²) < 4.78 is 5.74. The molecule has 3 heterocycles. The Morgan fingerprint density at radius 2 is 1.80 bits per heavy atom. The molecular formula is C33H35N5O3. The highest BCUT2D eigenvalue weighted by Gasteiger charge is 2.40. The highest BCUT2D eigenvalue weighted by Crippen LogP contribution is 2.38. The fourth-order valence-electron chi connectivity index (χ4n) is 6.20. The van der Waals surface area contributed by atoms with Gasteiger partial charge in [0.2, 0.25) is 5.91 Å². The topological polar surface area (TPSA) is 112 Å². The zero-order valence-electron chi connectivity index (χ0n) is 23.2. The normalized spacial score (nSPS) is 16.2. The Morgan fingerprint density at radius 3 is 2.63 bits per heavy atom. The van der Waals surface area contributed by atoms with Gasteiger partial charge in [-0.3, -0.25) is 9.78 Å². The molecule has 0 radical (unpaired) electrons. The second kappa shape index (κ2) is 11.1. The van der Waals surface area contributed by atoms with Crippen molar-refractivity contribution in [3.8, 4) is 5.75 Å². The van der Waals surface area contributed by atoms with Crippen LogP contribution in [0.15, 0.2) is 85.3 Å². The molecule has 0 bridgehead atoms. The number of fused-ring (bicyclic) bond motifs is 2. The molecular weight excluding hydrogens is 514 g/mol. The highest BCUT2D eigenvalue weighted by molar-refractivity contribution is 5.93. The van der Waals surface area contributed by atoms with E-state index in [2.05, 4.69) is 31.7 Å². The van der Waals surface area contributed by atoms with Crippen molar-refractivity contribution >= 4 is 33.8 Å². The predicted molar refractivity (Wildman–Crippen MR) is 160 cm³/mol. The maximum atomic E-state index is 14.1. The van der Waals surface area contributed by atoms with Crippen LogP contribution in [0.25, 0.3) is 21.8 Å². The first-order valence-electron chi connectivity index (χ1n) is 14.3. The molecule has 1 aliphatic carbocycles. The maximum absolute atomic E-state index is 14.1. The van der Waals surface area contributed by atoms with E-state index >= 15 is 0 Å². The van der Waals surface area contributed by atoms with Crippen LogP contribution in [0.2, 0.25) is 0 Å². The van der Waals surface area contributed by atoms with Gasteiger partial charge in [0.25, 0.3) is 0 Å². The van der Waals surface area contributed by atoms with E-state index in [1.807, 2.05) is 67.0 Å². The fraction of sp³-hybridized carbons (Fsp3) is 0.303. The van der Waals surface area contributed by atoms with Gasteiger partial charge in [0.1, 0.15) is 5.54 Å². The van der Waals surface area contributed by atoms with Crippen molar-refractivity contribution in [1.82, 2.24) is 25.6 Å². The summed E-state index contributed by atoms with van der Waals surface area (Å²) in [5.74, 6) is 0.134. The number of rotatable bonds is 8. The molecule has 2 amide bonds. The highest BCUT2D eigenvalue weighted by atomic mass is 16.6. The molecule has 3 aromatic heterocycles. The Morgan fingerprint density at radius 1 is 0.976 bits per heavy atom. The first-order chi connectivity index (χ1) is 20.0. The molecule has 2 aromatic carbocycles. The van der Waals surface area contributed by atoms with Crippen LogP contribution in [0.4, 0.5) is 4.79 Å². The van der Waals surface area contributed by atoms with E-state index in [-0.39, 0.29) is 17.7 Å². The number of carbonyl (C=O) groups is 2. The Bertz CT molecular complexity index is 1670. The summed E-state index contributed by atoms with van der Waals surface area (Å²) in [5.41, 5.74) is 2.11. The third-order valence-electron chi connectivity index (χ3n) is 8.46. The number of hydrogen-bond donors (Lipinski definition) is 4. The molecule has 41 heavy (non-hydrogen) atoms. The smallest absolute Gasteiger partial charge is 0.408 e. The Labute approximate surface area is 238 Å². The average Bonchev–Trinajstić information content (AvgIpc) is 3.65. The number of aromatic amines is 2. The van der Waals surface area contributed by atoms with Crippen LogP contribution >= 0.6 is 0 Å². The fourth-order valence-corrected chi connectivity index (χ4v) is 6.20. The molecule has 1 aliphatic rings. The van der Waals surface area contributed by atoms with Gasteiger partial charge in [-0.05, 0) is 55.7 Å². The molecule has 5 aromatic rings. The summed E-state index contributed by atoms with van der Waals surface area (Å²) in [5, 5.41) is 8.09. The molecule has 8 heteroatoms. The van der Waals surface area contributed by atoms with Gasteiger partial charge in [0.15, 0.2) is 5.75 Å². The molecule has 0 spiro atoms. The summed E-state index contributed by atoms with van der Waals surface area (Å²) in [7, 11) is 0. The average molecular weight is 550 g/mol. The van der Waals surface area contributed by atoms with Crippen LogP contribution in [0.5, 0.6) is 5.75 Å². The zero-order chi connectivity index (χ0) is 28.3. The SMILES string of the molecule is C[C@@](Cc1c[nH]c2ccccc12)(NC(=O)Oc1cccc2cc[nH]c12)C(=O)NCC1(c2ccccn2)CCCCC1. The molecule has 8 nitrogen and oxygen atoms in total. The number of H-pyrrole nitrogens is 2. The van der Waals surface area contributed by atoms with Crippen LogP contribution < -0.4 is 15.4 Å². The van der Waals surface area contributed by atoms with Gasteiger partial charge >= 0.3 is 6.09 Å². The van der Waals surface area contributed by atoms with Crippen LogP contribution in [-0.2, 0) is 16.6 Å². The quantitative estimate of drug-likeness (QED) is 0.186. The van der Waals surface area contributed by atoms with Crippen LogP contribution in [0, 0.1) is 0 Å². The minimum atomic E-state index is -1.29. The van der Waals surface area contributed by atoms with E-state index < -0.39 is 11.6 Å². The van der Waals surface area contributed by atoms with E-state index in [4.69, 9.17) is 4.74 Å². The van der Waals surface area contributed by atoms with E-state index in [0.29, 0.717) is 12.3 Å². The Balaban J connectivity index is 1.27. The first-order valence-corrected chi connectivity index (χ1v) is 14.3. The number of nitrogens with one attached hydrogen (secondary N) is 4. The number of amides is 2. The number of ether oxygens (including phenoxy) is 1. The summed E-state index contributed by atoms with van der Waals surface area (Å²) in [6, 6.07) is 21.3. The second-order valence-corrected chi connectivity index (χ2v) is 11.3. The number of benzene rings is 2. The van der Waals surface area contributed by atoms with Crippen molar-refractivity contribution < 1.29 is 14.3 Å². The Hall–Kier alpha value is -4.59. The van der Waals surface area contributed by atoms with E-state index in [1.54, 1.807) is 19.2 Å². The summed E-state index contributed by atoms with van der Waals surface area (Å²) in [6.45, 7) is 2.21. The van der Waals surface area contributed by atoms with Crippen molar-refractivity contribution in [2.45, 2.75) is 56.4 Å². The molecule has 0 saturated heterocycles. The molecule has 0 aliphatic heterocycles. The predicted octanol–water partition coefficient (Wildman–Crippen LogP) is 6.15. The van der Waals surface area contributed by atoms with E-state index in [1.165, 1.54) is 6.42 Å². The van der Waals surface area contributed by atoms with Gasteiger partial charge in [-0.2, -0.15) is 0 Å². The van der Waals surface area contributed by atoms with Gasteiger partial charge in [-0.15, -0.1) is 0 Å². The van der Waals surface area contributed by atoms with Crippen molar-refractivity contribution in [1.29, 1.82) is 0 Å². The van der Waals surface area contributed by atoms with Crippen molar-refractivity contribution in [2.75, 3.05) is 6.54 Å². The third kappa shape index (κ3) is 5.42. The standard InChI is InChI=1S/C33H35N5O3/c1-32(20-24-21-36-26-12-4-3-11-25(24)26,38-31(40)41-27-13-9-10-23-15-19-35-29(23)27)30(39)37-22-33(16-6-2-7-17-33)28-14-5-8-18-34-28/h3-5,8-15,18-19,21,35-36H,2,6-7,16-17,20,22H2,1H3,(H,37,39)(H,38,40)/t32-/m0/s1. The van der Waals surface area contributed by atoms with Gasteiger partial charge in [0, 0.05) is 59.0 Å². The lowest BCUT2D eigenvalue weighted by Crippen LogP contribution is -2.60. The first kappa shape index (κ1) is 26.6. The van der Waals surface area contributed by atoms with E-state index in [9.17, 15) is 9.59 Å². The Kier molecular flexibility index (Phi) is 7.22. The van der Waals surface area contributed by atoms with Gasteiger partial charge in [0.05, 0.1) is 5.52 Å². The number of aromatic nitrogens is 3. The van der Waals surface area contributed by atoms with Crippen LogP contribution in [0.3, 0.4) is 0 Å². The molecule has 6 rings (SSSR count). The van der Waals surface area contributed by atoms with E-state index in [0.717, 1.165) is 58.7 Å². The van der Waals surface area contributed by atoms with Gasteiger partial charge in [-0.25, -0.2) is 4.79 Å². The summed E-state index contributed by atoms with van der Waals surface area (Å²) in [6.07, 6.45) is 10.4. The number of para-hydroxylation sites is 2. The number of carbonyl (C=O) groups excluding carboxylic acids is 2. The van der Waals surface area contributed by atoms with Crippen molar-refractivity contribution in [2.24, 2.45) is 0 Å². The lowest BCUT2D eigenvalue weighted by Gasteiger charge is -2.38. The van der Waals surface area contributed by atoms with Crippen molar-refractivity contribution in [3.05, 3.63) is 96.6 Å². The summed E-state index contributed by atoms with van der Waals surface area (Å²) in [4.78, 5) is 38.5. The molecule has 1 saturated carbocycles. The van der Waals surface area contributed by atoms with Crippen molar-refractivity contribution in [3.63, 3.8) is 0 Å². The lowest BCUT2D eigenvalue weighted by atomic mass is 9.71. The minimum absolute atomic E-state index is 0.235. The number of nitrogens with zero attached hydrogens (tertiary/aromatic N) is 1. The molecule has 0 unspecified atom stereocenters. The molecule has 1 fully saturated rings. The second-order valence-electron chi connectivity index (χ2n) is 11.3. The molecule has 210 valence electrons. The van der Waals surface area contributed by atoms with Gasteiger partial charge in [-0.1, -0.05) is 55.7 Å². The van der Waals surface area contributed by atoms with Crippen LogP contribution in [0.1, 0.15) is 50.3 Å². The number of hydrogen-bond acceptors (Lipinski definition) is 4. The largest absolute Gasteiger partial charge is 0.413 e. The van der Waals surface area contributed by atoms with Crippen LogP contribution in [-0.4, -0.2) is 39.0 Å². The monoisotopic (exact) mass is 549 g/mol. The molecule has 4 N–H and O–H groups in total. The zero-order valence-corrected chi connectivity index (χ0v) is 23.2.